The standard InChI is InChI=1S/C9H10N2O3S3/c1-2-7(13)14-4-3-10-8(15)11-6(12)5-17-9(11)16/h2H,1,3-5H2,(H,10,15). The van der Waals surface area contributed by atoms with Crippen molar-refractivity contribution in [2.75, 3.05) is 18.9 Å². The molecule has 8 heteroatoms. The highest BCUT2D eigenvalue weighted by molar-refractivity contribution is 8.24. The summed E-state index contributed by atoms with van der Waals surface area (Å²) in [5, 5.41) is 3.02. The summed E-state index contributed by atoms with van der Waals surface area (Å²) in [6.45, 7) is 3.72. The van der Waals surface area contributed by atoms with Crippen LogP contribution in [-0.2, 0) is 14.3 Å². The average molecular weight is 290 g/mol. The summed E-state index contributed by atoms with van der Waals surface area (Å²) in [6, 6.07) is 0. The van der Waals surface area contributed by atoms with E-state index in [0.717, 1.165) is 6.08 Å². The lowest BCUT2D eigenvalue weighted by Gasteiger charge is -2.16. The first kappa shape index (κ1) is 14.1. The molecule has 1 aliphatic rings. The van der Waals surface area contributed by atoms with Gasteiger partial charge in [0.2, 0.25) is 5.91 Å². The number of carbonyl (C=O) groups is 2. The molecule has 0 aromatic carbocycles. The number of esters is 1. The van der Waals surface area contributed by atoms with E-state index in [9.17, 15) is 9.59 Å². The van der Waals surface area contributed by atoms with Crippen molar-refractivity contribution in [3.8, 4) is 0 Å². The lowest BCUT2D eigenvalue weighted by molar-refractivity contribution is -0.137. The van der Waals surface area contributed by atoms with Crippen LogP contribution in [0.2, 0.25) is 0 Å². The van der Waals surface area contributed by atoms with Crippen molar-refractivity contribution in [1.29, 1.82) is 0 Å². The van der Waals surface area contributed by atoms with Crippen molar-refractivity contribution < 1.29 is 14.3 Å². The maximum absolute atomic E-state index is 11.4. The molecular weight excluding hydrogens is 280 g/mol. The molecule has 0 aromatic heterocycles. The van der Waals surface area contributed by atoms with E-state index in [4.69, 9.17) is 29.2 Å². The SMILES string of the molecule is C=CC(=O)OCCNC(=S)N1C(=O)CSC1=S. The monoisotopic (exact) mass is 290 g/mol. The van der Waals surface area contributed by atoms with Crippen LogP contribution in [0.5, 0.6) is 0 Å². The fraction of sp³-hybridized carbons (Fsp3) is 0.333. The smallest absolute Gasteiger partial charge is 0.330 e. The molecule has 5 nitrogen and oxygen atoms in total. The number of hydrogen-bond donors (Lipinski definition) is 1. The maximum Gasteiger partial charge on any atom is 0.330 e. The van der Waals surface area contributed by atoms with E-state index < -0.39 is 5.97 Å². The Morgan fingerprint density at radius 2 is 2.41 bits per heavy atom. The molecule has 1 rings (SSSR count). The lowest BCUT2D eigenvalue weighted by Crippen LogP contribution is -2.43. The van der Waals surface area contributed by atoms with Crippen molar-refractivity contribution in [1.82, 2.24) is 10.2 Å². The molecule has 0 aliphatic carbocycles. The molecule has 0 saturated carbocycles. The molecular formula is C9H10N2O3S3. The van der Waals surface area contributed by atoms with E-state index in [1.165, 1.54) is 16.7 Å². The van der Waals surface area contributed by atoms with Gasteiger partial charge in [0, 0.05) is 6.08 Å². The van der Waals surface area contributed by atoms with Gasteiger partial charge in [-0.1, -0.05) is 30.6 Å². The van der Waals surface area contributed by atoms with Crippen molar-refractivity contribution in [2.24, 2.45) is 0 Å². The van der Waals surface area contributed by atoms with Crippen LogP contribution < -0.4 is 5.32 Å². The molecule has 17 heavy (non-hydrogen) atoms. The molecule has 1 N–H and O–H groups in total. The van der Waals surface area contributed by atoms with Crippen LogP contribution >= 0.6 is 36.2 Å². The van der Waals surface area contributed by atoms with Gasteiger partial charge in [-0.15, -0.1) is 0 Å². The molecule has 1 amide bonds. The van der Waals surface area contributed by atoms with Crippen molar-refractivity contribution in [3.63, 3.8) is 0 Å². The zero-order chi connectivity index (χ0) is 12.8. The molecule has 0 atom stereocenters. The molecule has 1 fully saturated rings. The summed E-state index contributed by atoms with van der Waals surface area (Å²) in [5.41, 5.74) is 0. The number of thioether (sulfide) groups is 1. The number of rotatable bonds is 4. The van der Waals surface area contributed by atoms with Crippen molar-refractivity contribution >= 4 is 57.5 Å². The normalized spacial score (nSPS) is 14.7. The third kappa shape index (κ3) is 4.06. The molecule has 1 aliphatic heterocycles. The van der Waals surface area contributed by atoms with E-state index >= 15 is 0 Å². The maximum atomic E-state index is 11.4. The topological polar surface area (TPSA) is 58.6 Å². The largest absolute Gasteiger partial charge is 0.461 e. The minimum Gasteiger partial charge on any atom is -0.461 e. The average Bonchev–Trinajstić information content (AvgIpc) is 2.64. The Hall–Kier alpha value is -0.990. The number of hydrogen-bond acceptors (Lipinski definition) is 6. The Bertz CT molecular complexity index is 368. The molecule has 0 radical (unpaired) electrons. The molecule has 0 spiro atoms. The summed E-state index contributed by atoms with van der Waals surface area (Å²) in [5.74, 6) is -0.326. The molecule has 0 aromatic rings. The minimum atomic E-state index is -0.499. The first-order valence-corrected chi connectivity index (χ1v) is 6.43. The Morgan fingerprint density at radius 3 is 2.94 bits per heavy atom. The molecule has 92 valence electrons. The van der Waals surface area contributed by atoms with Gasteiger partial charge in [0.1, 0.15) is 10.9 Å². The van der Waals surface area contributed by atoms with Crippen molar-refractivity contribution in [2.45, 2.75) is 0 Å². The van der Waals surface area contributed by atoms with Gasteiger partial charge >= 0.3 is 5.97 Å². The second kappa shape index (κ2) is 6.67. The number of thiocarbonyl (C=S) groups is 2. The van der Waals surface area contributed by atoms with Gasteiger partial charge < -0.3 is 10.1 Å². The predicted octanol–water partition coefficient (Wildman–Crippen LogP) is 0.450. The Balaban J connectivity index is 2.30. The van der Waals surface area contributed by atoms with Gasteiger partial charge in [-0.2, -0.15) is 0 Å². The van der Waals surface area contributed by atoms with Gasteiger partial charge in [-0.3, -0.25) is 4.79 Å². The van der Waals surface area contributed by atoms with Crippen LogP contribution in [0.15, 0.2) is 12.7 Å². The Morgan fingerprint density at radius 1 is 1.71 bits per heavy atom. The quantitative estimate of drug-likeness (QED) is 0.349. The summed E-state index contributed by atoms with van der Waals surface area (Å²) >= 11 is 11.3. The van der Waals surface area contributed by atoms with E-state index in [1.54, 1.807) is 0 Å². The number of nitrogens with one attached hydrogen (secondary N) is 1. The first-order valence-electron chi connectivity index (χ1n) is 4.63. The van der Waals surface area contributed by atoms with Gasteiger partial charge in [-0.25, -0.2) is 9.69 Å². The van der Waals surface area contributed by atoms with Gasteiger partial charge in [0.15, 0.2) is 5.11 Å². The van der Waals surface area contributed by atoms with Crippen LogP contribution in [0.1, 0.15) is 0 Å². The van der Waals surface area contributed by atoms with Crippen LogP contribution in [0, 0.1) is 0 Å². The fourth-order valence-corrected chi connectivity index (χ4v) is 2.48. The molecule has 1 saturated heterocycles. The molecule has 1 heterocycles. The summed E-state index contributed by atoms with van der Waals surface area (Å²) < 4.78 is 5.18. The highest BCUT2D eigenvalue weighted by Crippen LogP contribution is 2.19. The zero-order valence-electron chi connectivity index (χ0n) is 8.80. The predicted molar refractivity (Wildman–Crippen MR) is 73.7 cm³/mol. The highest BCUT2D eigenvalue weighted by Gasteiger charge is 2.29. The summed E-state index contributed by atoms with van der Waals surface area (Å²) in [7, 11) is 0. The summed E-state index contributed by atoms with van der Waals surface area (Å²) in [6.07, 6.45) is 1.08. The van der Waals surface area contributed by atoms with E-state index in [1.807, 2.05) is 0 Å². The van der Waals surface area contributed by atoms with E-state index in [2.05, 4.69) is 11.9 Å². The minimum absolute atomic E-state index is 0.138. The zero-order valence-corrected chi connectivity index (χ0v) is 11.3. The fourth-order valence-electron chi connectivity index (χ4n) is 0.998. The van der Waals surface area contributed by atoms with E-state index in [-0.39, 0.29) is 17.6 Å². The van der Waals surface area contributed by atoms with Gasteiger partial charge in [0.05, 0.1) is 12.3 Å². The third-order valence-corrected chi connectivity index (χ3v) is 3.43. The Kier molecular flexibility index (Phi) is 5.52. The van der Waals surface area contributed by atoms with Crippen LogP contribution in [0.4, 0.5) is 0 Å². The molecule has 0 unspecified atom stereocenters. The number of carbonyl (C=O) groups excluding carboxylic acids is 2. The number of amides is 1. The summed E-state index contributed by atoms with van der Waals surface area (Å²) in [4.78, 5) is 23.4. The highest BCUT2D eigenvalue weighted by atomic mass is 32.2. The van der Waals surface area contributed by atoms with Crippen LogP contribution in [0.3, 0.4) is 0 Å². The molecule has 0 bridgehead atoms. The first-order chi connectivity index (χ1) is 8.06. The Labute approximate surface area is 114 Å². The second-order valence-corrected chi connectivity index (χ2v) is 4.88. The lowest BCUT2D eigenvalue weighted by atomic mass is 10.6. The second-order valence-electron chi connectivity index (χ2n) is 2.89. The van der Waals surface area contributed by atoms with Crippen LogP contribution in [-0.4, -0.2) is 45.1 Å². The van der Waals surface area contributed by atoms with Crippen LogP contribution in [0.25, 0.3) is 0 Å². The number of ether oxygens (including phenoxy) is 1. The van der Waals surface area contributed by atoms with Gasteiger partial charge in [-0.05, 0) is 12.2 Å². The van der Waals surface area contributed by atoms with E-state index in [0.29, 0.717) is 16.6 Å². The number of nitrogens with zero attached hydrogens (tertiary/aromatic N) is 1. The third-order valence-electron chi connectivity index (χ3n) is 1.74. The van der Waals surface area contributed by atoms with Gasteiger partial charge in [0.25, 0.3) is 0 Å². The van der Waals surface area contributed by atoms with Crippen molar-refractivity contribution in [3.05, 3.63) is 12.7 Å².